The minimum Gasteiger partial charge on any atom is -0.392 e. The standard InChI is InChI=1S/C16H26N2O2S/c1-11(2)18(10-13(4)19)16(20)17-9-14-7-6-12(3)8-15(14)21-5/h6-8,11,13,19H,9-10H2,1-5H3,(H,17,20). The molecule has 1 aromatic carbocycles. The Morgan fingerprint density at radius 2 is 2.05 bits per heavy atom. The van der Waals surface area contributed by atoms with Gasteiger partial charge in [0, 0.05) is 24.0 Å². The van der Waals surface area contributed by atoms with Crippen LogP contribution < -0.4 is 5.32 Å². The Labute approximate surface area is 131 Å². The molecule has 1 unspecified atom stereocenters. The molecule has 1 aromatic rings. The topological polar surface area (TPSA) is 52.6 Å². The van der Waals surface area contributed by atoms with Crippen molar-refractivity contribution < 1.29 is 9.90 Å². The van der Waals surface area contributed by atoms with Crippen LogP contribution in [0.3, 0.4) is 0 Å². The van der Waals surface area contributed by atoms with Gasteiger partial charge in [-0.1, -0.05) is 12.1 Å². The number of rotatable bonds is 6. The molecule has 21 heavy (non-hydrogen) atoms. The normalized spacial score (nSPS) is 12.3. The average Bonchev–Trinajstić information content (AvgIpc) is 2.42. The second-order valence-electron chi connectivity index (χ2n) is 5.57. The van der Waals surface area contributed by atoms with E-state index in [9.17, 15) is 9.90 Å². The summed E-state index contributed by atoms with van der Waals surface area (Å²) in [4.78, 5) is 15.1. The average molecular weight is 310 g/mol. The molecule has 0 heterocycles. The zero-order chi connectivity index (χ0) is 16.0. The lowest BCUT2D eigenvalue weighted by Gasteiger charge is -2.28. The van der Waals surface area contributed by atoms with Crippen molar-refractivity contribution in [3.05, 3.63) is 29.3 Å². The molecule has 5 heteroatoms. The molecule has 0 aliphatic carbocycles. The molecule has 118 valence electrons. The predicted octanol–water partition coefficient (Wildman–Crippen LogP) is 3.02. The Balaban J connectivity index is 2.71. The highest BCUT2D eigenvalue weighted by molar-refractivity contribution is 7.98. The number of amides is 2. The van der Waals surface area contributed by atoms with E-state index in [0.717, 1.165) is 5.56 Å². The number of aliphatic hydroxyl groups is 1. The van der Waals surface area contributed by atoms with Crippen molar-refractivity contribution in [3.8, 4) is 0 Å². The number of hydrogen-bond donors (Lipinski definition) is 2. The Morgan fingerprint density at radius 3 is 2.57 bits per heavy atom. The van der Waals surface area contributed by atoms with Crippen molar-refractivity contribution in [1.29, 1.82) is 0 Å². The molecular weight excluding hydrogens is 284 g/mol. The summed E-state index contributed by atoms with van der Waals surface area (Å²) in [6.45, 7) is 8.48. The molecule has 1 rings (SSSR count). The second-order valence-corrected chi connectivity index (χ2v) is 6.42. The van der Waals surface area contributed by atoms with Crippen LogP contribution in [-0.4, -0.2) is 41.0 Å². The molecule has 0 saturated heterocycles. The lowest BCUT2D eigenvalue weighted by molar-refractivity contribution is 0.118. The minimum atomic E-state index is -0.528. The Bertz CT molecular complexity index is 475. The summed E-state index contributed by atoms with van der Waals surface area (Å²) in [6, 6.07) is 6.14. The fraction of sp³-hybridized carbons (Fsp3) is 0.562. The van der Waals surface area contributed by atoms with Crippen molar-refractivity contribution in [1.82, 2.24) is 10.2 Å². The lowest BCUT2D eigenvalue weighted by Crippen LogP contribution is -2.46. The predicted molar refractivity (Wildman–Crippen MR) is 88.7 cm³/mol. The van der Waals surface area contributed by atoms with Crippen molar-refractivity contribution in [2.75, 3.05) is 12.8 Å². The van der Waals surface area contributed by atoms with Gasteiger partial charge >= 0.3 is 6.03 Å². The first kappa shape index (κ1) is 17.9. The number of aliphatic hydroxyl groups excluding tert-OH is 1. The van der Waals surface area contributed by atoms with E-state index in [0.29, 0.717) is 13.1 Å². The summed E-state index contributed by atoms with van der Waals surface area (Å²) in [5.74, 6) is 0. The van der Waals surface area contributed by atoms with Crippen LogP contribution >= 0.6 is 11.8 Å². The largest absolute Gasteiger partial charge is 0.392 e. The van der Waals surface area contributed by atoms with Crippen molar-refractivity contribution in [3.63, 3.8) is 0 Å². The van der Waals surface area contributed by atoms with Crippen LogP contribution in [0, 0.1) is 6.92 Å². The number of thioether (sulfide) groups is 1. The number of carbonyl (C=O) groups is 1. The van der Waals surface area contributed by atoms with Gasteiger partial charge in [0.25, 0.3) is 0 Å². The number of hydrogen-bond acceptors (Lipinski definition) is 3. The fourth-order valence-corrected chi connectivity index (χ4v) is 2.79. The number of benzene rings is 1. The summed E-state index contributed by atoms with van der Waals surface area (Å²) in [7, 11) is 0. The van der Waals surface area contributed by atoms with E-state index in [4.69, 9.17) is 0 Å². The first-order valence-electron chi connectivity index (χ1n) is 7.21. The number of aryl methyl sites for hydroxylation is 1. The highest BCUT2D eigenvalue weighted by Crippen LogP contribution is 2.21. The first-order valence-corrected chi connectivity index (χ1v) is 8.43. The van der Waals surface area contributed by atoms with Gasteiger partial charge in [-0.15, -0.1) is 11.8 Å². The van der Waals surface area contributed by atoms with Gasteiger partial charge in [-0.2, -0.15) is 0 Å². The monoisotopic (exact) mass is 310 g/mol. The van der Waals surface area contributed by atoms with Crippen LogP contribution in [-0.2, 0) is 6.54 Å². The molecule has 0 spiro atoms. The number of carbonyl (C=O) groups excluding carboxylic acids is 1. The smallest absolute Gasteiger partial charge is 0.317 e. The van der Waals surface area contributed by atoms with Crippen molar-refractivity contribution >= 4 is 17.8 Å². The van der Waals surface area contributed by atoms with Crippen LogP contribution in [0.2, 0.25) is 0 Å². The van der Waals surface area contributed by atoms with Crippen LogP contribution in [0.4, 0.5) is 4.79 Å². The van der Waals surface area contributed by atoms with E-state index in [1.165, 1.54) is 10.5 Å². The van der Waals surface area contributed by atoms with E-state index in [2.05, 4.69) is 30.4 Å². The molecule has 0 aromatic heterocycles. The van der Waals surface area contributed by atoms with Gasteiger partial charge < -0.3 is 15.3 Å². The third kappa shape index (κ3) is 5.59. The van der Waals surface area contributed by atoms with Crippen LogP contribution in [0.25, 0.3) is 0 Å². The number of urea groups is 1. The third-order valence-corrected chi connectivity index (χ3v) is 4.04. The van der Waals surface area contributed by atoms with Crippen LogP contribution in [0.5, 0.6) is 0 Å². The molecule has 0 fully saturated rings. The van der Waals surface area contributed by atoms with Gasteiger partial charge in [0.1, 0.15) is 0 Å². The molecule has 0 radical (unpaired) electrons. The quantitative estimate of drug-likeness (QED) is 0.794. The summed E-state index contributed by atoms with van der Waals surface area (Å²) < 4.78 is 0. The van der Waals surface area contributed by atoms with E-state index in [1.54, 1.807) is 23.6 Å². The summed E-state index contributed by atoms with van der Waals surface area (Å²) in [5, 5.41) is 12.4. The fourth-order valence-electron chi connectivity index (χ4n) is 2.08. The number of nitrogens with one attached hydrogen (secondary N) is 1. The maximum Gasteiger partial charge on any atom is 0.317 e. The highest BCUT2D eigenvalue weighted by atomic mass is 32.2. The van der Waals surface area contributed by atoms with Gasteiger partial charge in [-0.25, -0.2) is 4.79 Å². The zero-order valence-electron chi connectivity index (χ0n) is 13.5. The van der Waals surface area contributed by atoms with Crippen molar-refractivity contribution in [2.45, 2.75) is 51.3 Å². The van der Waals surface area contributed by atoms with Gasteiger partial charge in [-0.3, -0.25) is 0 Å². The van der Waals surface area contributed by atoms with Gasteiger partial charge in [-0.05, 0) is 51.1 Å². The lowest BCUT2D eigenvalue weighted by atomic mass is 10.1. The Kier molecular flexibility index (Phi) is 7.05. The summed E-state index contributed by atoms with van der Waals surface area (Å²) in [6.07, 6.45) is 1.51. The minimum absolute atomic E-state index is 0.0534. The summed E-state index contributed by atoms with van der Waals surface area (Å²) in [5.41, 5.74) is 2.33. The highest BCUT2D eigenvalue weighted by Gasteiger charge is 2.18. The molecule has 2 amide bonds. The second kappa shape index (κ2) is 8.29. The van der Waals surface area contributed by atoms with E-state index < -0.39 is 6.10 Å². The Morgan fingerprint density at radius 1 is 1.38 bits per heavy atom. The van der Waals surface area contributed by atoms with E-state index >= 15 is 0 Å². The van der Waals surface area contributed by atoms with Crippen LogP contribution in [0.15, 0.2) is 23.1 Å². The molecule has 0 aliphatic rings. The van der Waals surface area contributed by atoms with Crippen molar-refractivity contribution in [2.24, 2.45) is 0 Å². The van der Waals surface area contributed by atoms with E-state index in [-0.39, 0.29) is 12.1 Å². The molecular formula is C16H26N2O2S. The van der Waals surface area contributed by atoms with Gasteiger partial charge in [0.2, 0.25) is 0 Å². The molecule has 2 N–H and O–H groups in total. The zero-order valence-corrected chi connectivity index (χ0v) is 14.3. The van der Waals surface area contributed by atoms with Gasteiger partial charge in [0.05, 0.1) is 6.10 Å². The molecule has 4 nitrogen and oxygen atoms in total. The third-order valence-electron chi connectivity index (χ3n) is 3.22. The van der Waals surface area contributed by atoms with Gasteiger partial charge in [0.15, 0.2) is 0 Å². The van der Waals surface area contributed by atoms with Crippen LogP contribution in [0.1, 0.15) is 31.9 Å². The summed E-state index contributed by atoms with van der Waals surface area (Å²) >= 11 is 1.68. The maximum atomic E-state index is 12.3. The first-order chi connectivity index (χ1) is 9.85. The Hall–Kier alpha value is -1.20. The maximum absolute atomic E-state index is 12.3. The molecule has 0 aliphatic heterocycles. The van der Waals surface area contributed by atoms with E-state index in [1.807, 2.05) is 20.1 Å². The molecule has 0 saturated carbocycles. The molecule has 1 atom stereocenters. The number of nitrogens with zero attached hydrogens (tertiary/aromatic N) is 1. The molecule has 0 bridgehead atoms. The SMILES string of the molecule is CSc1cc(C)ccc1CNC(=O)N(CC(C)O)C(C)C.